The van der Waals surface area contributed by atoms with E-state index in [9.17, 15) is 18.2 Å². The second-order valence-electron chi connectivity index (χ2n) is 15.2. The molecule has 2 fully saturated rings. The van der Waals surface area contributed by atoms with E-state index in [1.54, 1.807) is 13.2 Å². The number of fused-ring (bicyclic) bond motifs is 4. The van der Waals surface area contributed by atoms with Crippen LogP contribution in [0.15, 0.2) is 52.9 Å². The molecule has 0 radical (unpaired) electrons. The van der Waals surface area contributed by atoms with Crippen molar-refractivity contribution in [3.8, 4) is 5.75 Å². The molecule has 2 aromatic rings. The molecule has 7 rings (SSSR count). The van der Waals surface area contributed by atoms with Gasteiger partial charge in [0.05, 0.1) is 24.2 Å². The third kappa shape index (κ3) is 7.11. The maximum Gasteiger partial charge on any atom is 0.327 e. The van der Waals surface area contributed by atoms with Crippen LogP contribution in [-0.2, 0) is 26.5 Å². The van der Waals surface area contributed by atoms with Crippen molar-refractivity contribution in [2.45, 2.75) is 88.9 Å². The van der Waals surface area contributed by atoms with E-state index in [1.165, 1.54) is 16.7 Å². The molecule has 3 amide bonds. The van der Waals surface area contributed by atoms with Crippen LogP contribution in [0.3, 0.4) is 0 Å². The fraction of sp³-hybridized carbons (Fsp3) is 0.579. The lowest BCUT2D eigenvalue weighted by Gasteiger charge is -2.46. The molecule has 0 aromatic heterocycles. The van der Waals surface area contributed by atoms with Gasteiger partial charge in [0, 0.05) is 37.2 Å². The van der Waals surface area contributed by atoms with Crippen LogP contribution in [-0.4, -0.2) is 67.0 Å². The summed E-state index contributed by atoms with van der Waals surface area (Å²) >= 11 is 0. The first-order chi connectivity index (χ1) is 23.5. The van der Waals surface area contributed by atoms with Crippen LogP contribution in [0.25, 0.3) is 0 Å². The zero-order valence-corrected chi connectivity index (χ0v) is 29.6. The van der Waals surface area contributed by atoms with E-state index in [0.717, 1.165) is 50.9 Å². The number of carbonyl (C=O) groups is 2. The number of urea groups is 1. The van der Waals surface area contributed by atoms with Gasteiger partial charge in [-0.15, -0.1) is 4.36 Å². The lowest BCUT2D eigenvalue weighted by atomic mass is 9.68. The third-order valence-corrected chi connectivity index (χ3v) is 13.4. The lowest BCUT2D eigenvalue weighted by Crippen LogP contribution is -2.51. The first-order valence-electron chi connectivity index (χ1n) is 17.9. The molecule has 2 aromatic carbocycles. The van der Waals surface area contributed by atoms with Gasteiger partial charge in [-0.3, -0.25) is 9.52 Å². The minimum Gasteiger partial charge on any atom is -0.490 e. The minimum atomic E-state index is -3.53. The zero-order valence-electron chi connectivity index (χ0n) is 28.8. The first-order valence-corrected chi connectivity index (χ1v) is 19.5. The number of halogens is 1. The van der Waals surface area contributed by atoms with Gasteiger partial charge in [0.25, 0.3) is 5.91 Å². The number of carbonyl (C=O) groups excluding carboxylic acids is 2. The first kappa shape index (κ1) is 34.0. The van der Waals surface area contributed by atoms with Gasteiger partial charge >= 0.3 is 6.03 Å². The highest BCUT2D eigenvalue weighted by atomic mass is 32.2. The maximum atomic E-state index is 14.3. The molecule has 49 heavy (non-hydrogen) atoms. The van der Waals surface area contributed by atoms with Crippen molar-refractivity contribution in [2.75, 3.05) is 37.5 Å². The average Bonchev–Trinajstić information content (AvgIpc) is 3.17. The van der Waals surface area contributed by atoms with Gasteiger partial charge in [0.1, 0.15) is 21.8 Å². The predicted octanol–water partition coefficient (Wildman–Crippen LogP) is 6.43. The van der Waals surface area contributed by atoms with Crippen LogP contribution in [0, 0.1) is 24.7 Å². The Labute approximate surface area is 289 Å². The highest BCUT2D eigenvalue weighted by molar-refractivity contribution is 7.92. The number of allylic oxidation sites excluding steroid dienone is 1. The highest BCUT2D eigenvalue weighted by Gasteiger charge is 2.44. The number of amides is 3. The molecule has 6 atom stereocenters. The van der Waals surface area contributed by atoms with Crippen molar-refractivity contribution >= 4 is 27.5 Å². The largest absolute Gasteiger partial charge is 0.490 e. The van der Waals surface area contributed by atoms with Gasteiger partial charge in [-0.1, -0.05) is 42.8 Å². The number of alkyl halides is 1. The maximum absolute atomic E-state index is 14.3. The van der Waals surface area contributed by atoms with Crippen molar-refractivity contribution in [3.63, 3.8) is 0 Å². The summed E-state index contributed by atoms with van der Waals surface area (Å²) < 4.78 is 47.1. The van der Waals surface area contributed by atoms with E-state index in [-0.39, 0.29) is 47.6 Å². The van der Waals surface area contributed by atoms with Crippen molar-refractivity contribution in [3.05, 3.63) is 70.8 Å². The van der Waals surface area contributed by atoms with Gasteiger partial charge in [-0.25, -0.2) is 13.4 Å². The molecule has 2 bridgehead atoms. The normalized spacial score (nSPS) is 34.9. The third-order valence-electron chi connectivity index (χ3n) is 11.4. The molecule has 2 aliphatic heterocycles. The van der Waals surface area contributed by atoms with Crippen LogP contribution in [0.5, 0.6) is 5.75 Å². The Morgan fingerprint density at radius 1 is 1.18 bits per heavy atom. The van der Waals surface area contributed by atoms with Crippen LogP contribution >= 0.6 is 0 Å². The van der Waals surface area contributed by atoms with Crippen LogP contribution in [0.2, 0.25) is 0 Å². The molecule has 11 heteroatoms. The van der Waals surface area contributed by atoms with Crippen molar-refractivity contribution in [1.82, 2.24) is 10.0 Å². The SMILES string of the molecule is CO[C@H]1/C=C/C[C@H](C)CS(=O)(NC(=O)NC2CC(F)C2)=NC(=O)c2ccc3c(c2)N(C[C@@H]2CC[C@H]21)C[C@@]1(CCCc2cc(C)ccc21)CO3. The number of hydrogen-bond donors (Lipinski definition) is 2. The van der Waals surface area contributed by atoms with Crippen LogP contribution < -0.4 is 19.7 Å². The zero-order chi connectivity index (χ0) is 34.3. The standard InChI is InChI=1S/C38H49FN4O5S/c1-24-9-13-32-26(16-24)7-5-15-38(32)22-43-20-28-10-12-31(28)34(47-3)8-4-6-25(2)21-49(46,42-37(45)40-30-18-29(39)19-30)41-36(44)27-11-14-35(48-23-38)33(43)17-27/h4,8-9,11,13-14,16-17,25,28-31,34H,5-7,10,12,15,18-23H2,1-3H3,(H2,40,41,42,44,45,46)/b8-4+/t25-,28-,29?,30?,31+,34-,38-,49?/m0/s1. The number of nitrogens with one attached hydrogen (secondary N) is 2. The summed E-state index contributed by atoms with van der Waals surface area (Å²) in [5, 5.41) is 2.68. The van der Waals surface area contributed by atoms with E-state index in [1.807, 2.05) is 19.1 Å². The summed E-state index contributed by atoms with van der Waals surface area (Å²) in [6, 6.07) is 11.1. The van der Waals surface area contributed by atoms with E-state index in [0.29, 0.717) is 30.6 Å². The Bertz CT molecular complexity index is 1750. The molecule has 2 saturated carbocycles. The number of aryl methyl sites for hydroxylation is 2. The van der Waals surface area contributed by atoms with Crippen molar-refractivity contribution in [1.29, 1.82) is 0 Å². The monoisotopic (exact) mass is 692 g/mol. The van der Waals surface area contributed by atoms with E-state index in [4.69, 9.17) is 9.47 Å². The molecule has 9 nitrogen and oxygen atoms in total. The number of methoxy groups -OCH3 is 1. The number of benzene rings is 2. The van der Waals surface area contributed by atoms with E-state index < -0.39 is 28.0 Å². The van der Waals surface area contributed by atoms with Gasteiger partial charge in [0.2, 0.25) is 0 Å². The fourth-order valence-electron chi connectivity index (χ4n) is 8.55. The molecule has 2 heterocycles. The Kier molecular flexibility index (Phi) is 9.51. The topological polar surface area (TPSA) is 109 Å². The predicted molar refractivity (Wildman–Crippen MR) is 189 cm³/mol. The average molecular weight is 693 g/mol. The molecule has 1 spiro atoms. The Balaban J connectivity index is 1.27. The summed E-state index contributed by atoms with van der Waals surface area (Å²) in [4.78, 5) is 29.2. The molecule has 2 N–H and O–H groups in total. The Hall–Kier alpha value is -3.44. The molecule has 0 saturated heterocycles. The van der Waals surface area contributed by atoms with Gasteiger partial charge in [-0.2, -0.15) is 0 Å². The van der Waals surface area contributed by atoms with Crippen molar-refractivity contribution in [2.24, 2.45) is 22.1 Å². The van der Waals surface area contributed by atoms with Crippen LogP contribution in [0.1, 0.15) is 78.9 Å². The van der Waals surface area contributed by atoms with Gasteiger partial charge in [0.15, 0.2) is 0 Å². The van der Waals surface area contributed by atoms with Gasteiger partial charge < -0.3 is 19.7 Å². The van der Waals surface area contributed by atoms with Crippen LogP contribution in [0.4, 0.5) is 14.9 Å². The number of ether oxygens (including phenoxy) is 2. The lowest BCUT2D eigenvalue weighted by molar-refractivity contribution is 0.0131. The molecule has 1 unspecified atom stereocenters. The Morgan fingerprint density at radius 3 is 2.78 bits per heavy atom. The summed E-state index contributed by atoms with van der Waals surface area (Å²) in [6.07, 6.45) is 9.50. The summed E-state index contributed by atoms with van der Waals surface area (Å²) in [7, 11) is -1.77. The van der Waals surface area contributed by atoms with E-state index in [2.05, 4.69) is 56.6 Å². The fourth-order valence-corrected chi connectivity index (χ4v) is 10.4. The Morgan fingerprint density at radius 2 is 2.02 bits per heavy atom. The second-order valence-corrected chi connectivity index (χ2v) is 17.2. The van der Waals surface area contributed by atoms with Crippen molar-refractivity contribution < 1.29 is 27.7 Å². The molecule has 264 valence electrons. The smallest absolute Gasteiger partial charge is 0.327 e. The number of hydrogen-bond acceptors (Lipinski definition) is 6. The van der Waals surface area contributed by atoms with Gasteiger partial charge in [-0.05, 0) is 105 Å². The molecular formula is C38H49FN4O5S. The summed E-state index contributed by atoms with van der Waals surface area (Å²) in [5.41, 5.74) is 4.90. The number of rotatable bonds is 3. The second kappa shape index (κ2) is 13.7. The molecule has 3 aliphatic carbocycles. The summed E-state index contributed by atoms with van der Waals surface area (Å²) in [6.45, 7) is 6.15. The quantitative estimate of drug-likeness (QED) is 0.359. The number of nitrogens with zero attached hydrogens (tertiary/aromatic N) is 2. The molecular weight excluding hydrogens is 644 g/mol. The number of anilines is 1. The van der Waals surface area contributed by atoms with E-state index >= 15 is 0 Å². The molecule has 5 aliphatic rings. The minimum absolute atomic E-state index is 0.0157. The highest BCUT2D eigenvalue weighted by Crippen LogP contribution is 2.47. The summed E-state index contributed by atoms with van der Waals surface area (Å²) in [5.74, 6) is 0.631.